The van der Waals surface area contributed by atoms with Gasteiger partial charge in [-0.25, -0.2) is 8.42 Å². The standard InChI is InChI=1S/C7H17NO3S/c1-11-6-3-4-8-5-7-12(2,9)10/h8H,3-7H2,1-2H3. The Labute approximate surface area is 74.2 Å². The molecule has 74 valence electrons. The van der Waals surface area contributed by atoms with Gasteiger partial charge in [-0.15, -0.1) is 0 Å². The molecule has 0 spiro atoms. The Morgan fingerprint density at radius 3 is 2.50 bits per heavy atom. The van der Waals surface area contributed by atoms with E-state index in [2.05, 4.69) is 5.32 Å². The third kappa shape index (κ3) is 9.87. The van der Waals surface area contributed by atoms with E-state index >= 15 is 0 Å². The van der Waals surface area contributed by atoms with E-state index in [-0.39, 0.29) is 5.75 Å². The molecule has 0 fully saturated rings. The third-order valence-electron chi connectivity index (χ3n) is 1.35. The van der Waals surface area contributed by atoms with Crippen LogP contribution >= 0.6 is 0 Å². The molecule has 0 aliphatic rings. The lowest BCUT2D eigenvalue weighted by molar-refractivity contribution is 0.194. The largest absolute Gasteiger partial charge is 0.385 e. The second-order valence-corrected chi connectivity index (χ2v) is 4.99. The van der Waals surface area contributed by atoms with Gasteiger partial charge in [0.1, 0.15) is 9.84 Å². The zero-order valence-electron chi connectivity index (χ0n) is 7.67. The molecule has 5 heteroatoms. The van der Waals surface area contributed by atoms with Gasteiger partial charge in [0.15, 0.2) is 0 Å². The molecular formula is C7H17NO3S. The van der Waals surface area contributed by atoms with Crippen LogP contribution in [0.3, 0.4) is 0 Å². The Morgan fingerprint density at radius 1 is 1.33 bits per heavy atom. The van der Waals surface area contributed by atoms with Crippen LogP contribution in [0.1, 0.15) is 6.42 Å². The zero-order valence-corrected chi connectivity index (χ0v) is 8.49. The molecule has 0 aliphatic carbocycles. The molecule has 0 aromatic heterocycles. The highest BCUT2D eigenvalue weighted by Gasteiger charge is 1.99. The lowest BCUT2D eigenvalue weighted by Gasteiger charge is -2.02. The predicted octanol–water partition coefficient (Wildman–Crippen LogP) is -0.343. The van der Waals surface area contributed by atoms with Crippen molar-refractivity contribution in [3.05, 3.63) is 0 Å². The van der Waals surface area contributed by atoms with Gasteiger partial charge >= 0.3 is 0 Å². The fourth-order valence-corrected chi connectivity index (χ4v) is 1.24. The minimum absolute atomic E-state index is 0.208. The second-order valence-electron chi connectivity index (χ2n) is 2.73. The van der Waals surface area contributed by atoms with Crippen LogP contribution in [0.25, 0.3) is 0 Å². The molecule has 0 saturated heterocycles. The molecule has 4 nitrogen and oxygen atoms in total. The molecule has 0 amide bonds. The molecular weight excluding hydrogens is 178 g/mol. The van der Waals surface area contributed by atoms with Gasteiger partial charge in [-0.1, -0.05) is 0 Å². The number of hydrogen-bond acceptors (Lipinski definition) is 4. The summed E-state index contributed by atoms with van der Waals surface area (Å²) in [5.74, 6) is 0.208. The molecule has 0 heterocycles. The van der Waals surface area contributed by atoms with Crippen molar-refractivity contribution >= 4 is 9.84 Å². The van der Waals surface area contributed by atoms with Crippen molar-refractivity contribution in [2.75, 3.05) is 38.8 Å². The highest BCUT2D eigenvalue weighted by Crippen LogP contribution is 1.81. The summed E-state index contributed by atoms with van der Waals surface area (Å²) in [6, 6.07) is 0. The fraction of sp³-hybridized carbons (Fsp3) is 1.00. The number of nitrogens with one attached hydrogen (secondary N) is 1. The summed E-state index contributed by atoms with van der Waals surface area (Å²) in [5.41, 5.74) is 0. The lowest BCUT2D eigenvalue weighted by atomic mass is 10.4. The summed E-state index contributed by atoms with van der Waals surface area (Å²) in [6.45, 7) is 2.05. The average Bonchev–Trinajstić information content (AvgIpc) is 1.94. The molecule has 0 aromatic carbocycles. The van der Waals surface area contributed by atoms with E-state index in [1.807, 2.05) is 0 Å². The maximum absolute atomic E-state index is 10.7. The minimum atomic E-state index is -2.81. The van der Waals surface area contributed by atoms with Crippen LogP contribution < -0.4 is 5.32 Å². The summed E-state index contributed by atoms with van der Waals surface area (Å²) in [5, 5.41) is 3.02. The van der Waals surface area contributed by atoms with E-state index in [9.17, 15) is 8.42 Å². The van der Waals surface area contributed by atoms with E-state index in [0.717, 1.165) is 13.0 Å². The number of hydrogen-bond donors (Lipinski definition) is 1. The van der Waals surface area contributed by atoms with Crippen molar-refractivity contribution in [1.29, 1.82) is 0 Å². The van der Waals surface area contributed by atoms with Crippen molar-refractivity contribution in [2.45, 2.75) is 6.42 Å². The second kappa shape index (κ2) is 6.39. The Morgan fingerprint density at radius 2 is 2.00 bits per heavy atom. The highest BCUT2D eigenvalue weighted by molar-refractivity contribution is 7.90. The molecule has 12 heavy (non-hydrogen) atoms. The van der Waals surface area contributed by atoms with E-state index in [0.29, 0.717) is 13.2 Å². The molecule has 1 N–H and O–H groups in total. The van der Waals surface area contributed by atoms with Crippen molar-refractivity contribution in [2.24, 2.45) is 0 Å². The maximum atomic E-state index is 10.7. The fourth-order valence-electron chi connectivity index (χ4n) is 0.724. The third-order valence-corrected chi connectivity index (χ3v) is 2.30. The van der Waals surface area contributed by atoms with Crippen LogP contribution in [0.5, 0.6) is 0 Å². The van der Waals surface area contributed by atoms with Gasteiger partial charge in [-0.05, 0) is 13.0 Å². The van der Waals surface area contributed by atoms with Crippen LogP contribution in [0.2, 0.25) is 0 Å². The number of methoxy groups -OCH3 is 1. The van der Waals surface area contributed by atoms with E-state index in [1.54, 1.807) is 7.11 Å². The zero-order chi connectivity index (χ0) is 9.45. The van der Waals surface area contributed by atoms with Gasteiger partial charge < -0.3 is 10.1 Å². The molecule has 0 bridgehead atoms. The Kier molecular flexibility index (Phi) is 6.32. The first kappa shape index (κ1) is 11.9. The first-order valence-electron chi connectivity index (χ1n) is 3.93. The summed E-state index contributed by atoms with van der Waals surface area (Å²) < 4.78 is 26.1. The molecule has 0 saturated carbocycles. The summed E-state index contributed by atoms with van der Waals surface area (Å²) in [6.07, 6.45) is 2.16. The van der Waals surface area contributed by atoms with Gasteiger partial charge in [0.2, 0.25) is 0 Å². The first-order valence-corrected chi connectivity index (χ1v) is 5.99. The normalized spacial score (nSPS) is 11.8. The van der Waals surface area contributed by atoms with Crippen LogP contribution in [0.4, 0.5) is 0 Å². The Balaban J connectivity index is 3.12. The monoisotopic (exact) mass is 195 g/mol. The molecule has 0 aliphatic heterocycles. The topological polar surface area (TPSA) is 55.4 Å². The van der Waals surface area contributed by atoms with E-state index in [4.69, 9.17) is 4.74 Å². The maximum Gasteiger partial charge on any atom is 0.148 e. The van der Waals surface area contributed by atoms with Gasteiger partial charge in [0, 0.05) is 26.5 Å². The Bertz CT molecular complexity index is 189. The van der Waals surface area contributed by atoms with Gasteiger partial charge in [0.05, 0.1) is 5.75 Å². The minimum Gasteiger partial charge on any atom is -0.385 e. The summed E-state index contributed by atoms with van der Waals surface area (Å²) in [4.78, 5) is 0. The Hall–Kier alpha value is -0.130. The van der Waals surface area contributed by atoms with Crippen LogP contribution in [0, 0.1) is 0 Å². The van der Waals surface area contributed by atoms with E-state index < -0.39 is 9.84 Å². The quantitative estimate of drug-likeness (QED) is 0.565. The van der Waals surface area contributed by atoms with Crippen LogP contribution in [-0.2, 0) is 14.6 Å². The van der Waals surface area contributed by atoms with Crippen molar-refractivity contribution in [3.63, 3.8) is 0 Å². The smallest absolute Gasteiger partial charge is 0.148 e. The number of rotatable bonds is 7. The average molecular weight is 195 g/mol. The van der Waals surface area contributed by atoms with Gasteiger partial charge in [0.25, 0.3) is 0 Å². The molecule has 0 atom stereocenters. The summed E-state index contributed by atoms with van der Waals surface area (Å²) in [7, 11) is -1.16. The van der Waals surface area contributed by atoms with Crippen LogP contribution in [0.15, 0.2) is 0 Å². The van der Waals surface area contributed by atoms with E-state index in [1.165, 1.54) is 6.26 Å². The van der Waals surface area contributed by atoms with Crippen molar-refractivity contribution < 1.29 is 13.2 Å². The first-order chi connectivity index (χ1) is 5.56. The lowest BCUT2D eigenvalue weighted by Crippen LogP contribution is -2.23. The van der Waals surface area contributed by atoms with Crippen LogP contribution in [-0.4, -0.2) is 47.2 Å². The number of sulfone groups is 1. The molecule has 0 aromatic rings. The van der Waals surface area contributed by atoms with Crippen molar-refractivity contribution in [1.82, 2.24) is 5.32 Å². The predicted molar refractivity (Wildman–Crippen MR) is 49.1 cm³/mol. The molecule has 0 rings (SSSR count). The summed E-state index contributed by atoms with van der Waals surface area (Å²) >= 11 is 0. The van der Waals surface area contributed by atoms with Gasteiger partial charge in [-0.3, -0.25) is 0 Å². The molecule has 0 radical (unpaired) electrons. The molecule has 0 unspecified atom stereocenters. The number of ether oxygens (including phenoxy) is 1. The van der Waals surface area contributed by atoms with Crippen molar-refractivity contribution in [3.8, 4) is 0 Å². The highest BCUT2D eigenvalue weighted by atomic mass is 32.2. The van der Waals surface area contributed by atoms with Gasteiger partial charge in [-0.2, -0.15) is 0 Å². The SMILES string of the molecule is COCCCNCCS(C)(=O)=O.